The summed E-state index contributed by atoms with van der Waals surface area (Å²) in [4.78, 5) is 43.6. The smallest absolute Gasteiger partial charge is 0.419 e. The lowest BCUT2D eigenvalue weighted by Crippen LogP contribution is -2.52. The molecule has 0 N–H and O–H groups in total. The second-order valence-electron chi connectivity index (χ2n) is 9.90. The molecule has 2 aliphatic rings. The highest BCUT2D eigenvalue weighted by Gasteiger charge is 2.36. The molecule has 2 amide bonds. The lowest BCUT2D eigenvalue weighted by Gasteiger charge is -2.40. The molecular formula is C29H37N3O5. The van der Waals surface area contributed by atoms with E-state index in [0.717, 1.165) is 25.1 Å². The molecule has 4 rings (SSSR count). The van der Waals surface area contributed by atoms with E-state index in [1.54, 1.807) is 41.0 Å². The minimum atomic E-state index is -0.527. The van der Waals surface area contributed by atoms with E-state index >= 15 is 0 Å². The van der Waals surface area contributed by atoms with Gasteiger partial charge in [0.25, 0.3) is 0 Å². The summed E-state index contributed by atoms with van der Waals surface area (Å²) in [6.07, 6.45) is 2.98. The molecule has 1 heterocycles. The van der Waals surface area contributed by atoms with Gasteiger partial charge in [0, 0.05) is 26.1 Å². The van der Waals surface area contributed by atoms with E-state index in [2.05, 4.69) is 24.8 Å². The van der Waals surface area contributed by atoms with E-state index in [0.29, 0.717) is 41.2 Å². The van der Waals surface area contributed by atoms with E-state index in [1.165, 1.54) is 20.0 Å². The third-order valence-corrected chi connectivity index (χ3v) is 7.37. The van der Waals surface area contributed by atoms with Crippen LogP contribution in [0.15, 0.2) is 42.5 Å². The van der Waals surface area contributed by atoms with Crippen LogP contribution < -0.4 is 14.5 Å². The number of carbonyl (C=O) groups is 3. The van der Waals surface area contributed by atoms with Gasteiger partial charge in [-0.1, -0.05) is 19.9 Å². The third-order valence-electron chi connectivity index (χ3n) is 7.37. The molecule has 1 aliphatic carbocycles. The van der Waals surface area contributed by atoms with Crippen molar-refractivity contribution in [2.75, 3.05) is 36.5 Å². The van der Waals surface area contributed by atoms with Crippen molar-refractivity contribution in [2.24, 2.45) is 0 Å². The van der Waals surface area contributed by atoms with Crippen molar-refractivity contribution in [3.63, 3.8) is 0 Å². The molecule has 0 spiro atoms. The summed E-state index contributed by atoms with van der Waals surface area (Å²) in [6.45, 7) is 10.2. The van der Waals surface area contributed by atoms with Crippen LogP contribution in [0.25, 0.3) is 0 Å². The maximum Gasteiger partial charge on any atom is 0.419 e. The van der Waals surface area contributed by atoms with Crippen LogP contribution in [0.2, 0.25) is 0 Å². The Labute approximate surface area is 219 Å². The first-order valence-corrected chi connectivity index (χ1v) is 13.1. The fraction of sp³-hybridized carbons (Fsp3) is 0.483. The van der Waals surface area contributed by atoms with Gasteiger partial charge in [0.15, 0.2) is 0 Å². The predicted molar refractivity (Wildman–Crippen MR) is 144 cm³/mol. The summed E-state index contributed by atoms with van der Waals surface area (Å²) < 4.78 is 10.4. The van der Waals surface area contributed by atoms with Crippen molar-refractivity contribution >= 4 is 29.3 Å². The maximum absolute atomic E-state index is 13.4. The first-order chi connectivity index (χ1) is 17.8. The molecule has 2 atom stereocenters. The lowest BCUT2D eigenvalue weighted by molar-refractivity contribution is -0.117. The van der Waals surface area contributed by atoms with Crippen molar-refractivity contribution in [2.45, 2.75) is 65.0 Å². The second kappa shape index (κ2) is 11.3. The summed E-state index contributed by atoms with van der Waals surface area (Å²) in [5, 5.41) is 0. The molecule has 1 saturated carbocycles. The monoisotopic (exact) mass is 507 g/mol. The number of hydrogen-bond acceptors (Lipinski definition) is 6. The van der Waals surface area contributed by atoms with Crippen LogP contribution in [0.1, 0.15) is 68.8 Å². The molecule has 0 saturated heterocycles. The number of esters is 1. The van der Waals surface area contributed by atoms with Crippen molar-refractivity contribution in [1.29, 1.82) is 0 Å². The Balaban J connectivity index is 1.63. The van der Waals surface area contributed by atoms with Crippen LogP contribution >= 0.6 is 0 Å². The number of amides is 2. The van der Waals surface area contributed by atoms with Gasteiger partial charge in [-0.15, -0.1) is 0 Å². The van der Waals surface area contributed by atoms with Crippen molar-refractivity contribution < 1.29 is 23.9 Å². The molecule has 1 aliphatic heterocycles. The van der Waals surface area contributed by atoms with Crippen LogP contribution in [-0.2, 0) is 9.53 Å². The van der Waals surface area contributed by atoms with Gasteiger partial charge >= 0.3 is 12.1 Å². The van der Waals surface area contributed by atoms with Crippen LogP contribution in [0, 0.1) is 0 Å². The minimum absolute atomic E-state index is 0.0640. The average molecular weight is 508 g/mol. The van der Waals surface area contributed by atoms with Gasteiger partial charge in [-0.25, -0.2) is 9.59 Å². The van der Waals surface area contributed by atoms with Crippen LogP contribution in [0.5, 0.6) is 5.75 Å². The van der Waals surface area contributed by atoms with Gasteiger partial charge in [-0.3, -0.25) is 9.69 Å². The quantitative estimate of drug-likeness (QED) is 0.457. The molecule has 1 fully saturated rings. The van der Waals surface area contributed by atoms with Crippen LogP contribution in [-0.4, -0.2) is 61.7 Å². The zero-order chi connectivity index (χ0) is 26.7. The van der Waals surface area contributed by atoms with E-state index in [9.17, 15) is 14.4 Å². The third kappa shape index (κ3) is 5.80. The van der Waals surface area contributed by atoms with E-state index in [4.69, 9.17) is 9.47 Å². The Bertz CT molecular complexity index is 1140. The number of carbonyl (C=O) groups excluding carboxylic acids is 3. The number of rotatable bonds is 8. The molecule has 37 heavy (non-hydrogen) atoms. The molecular weight excluding hydrogens is 470 g/mol. The highest BCUT2D eigenvalue weighted by Crippen LogP contribution is 2.39. The summed E-state index contributed by atoms with van der Waals surface area (Å²) >= 11 is 0. The first-order valence-electron chi connectivity index (χ1n) is 13.1. The van der Waals surface area contributed by atoms with Gasteiger partial charge in [-0.05, 0) is 80.6 Å². The minimum Gasteiger partial charge on any atom is -0.465 e. The highest BCUT2D eigenvalue weighted by molar-refractivity contribution is 6.02. The van der Waals surface area contributed by atoms with Gasteiger partial charge in [0.05, 0.1) is 30.1 Å². The topological polar surface area (TPSA) is 79.4 Å². The van der Waals surface area contributed by atoms with Gasteiger partial charge < -0.3 is 19.3 Å². The highest BCUT2D eigenvalue weighted by atomic mass is 16.6. The molecule has 8 nitrogen and oxygen atoms in total. The number of benzene rings is 2. The molecule has 0 bridgehead atoms. The number of fused-ring (bicyclic) bond motifs is 1. The van der Waals surface area contributed by atoms with Gasteiger partial charge in [0.1, 0.15) is 5.75 Å². The van der Waals surface area contributed by atoms with E-state index < -0.39 is 12.1 Å². The number of anilines is 2. The average Bonchev–Trinajstić information content (AvgIpc) is 3.74. The fourth-order valence-electron chi connectivity index (χ4n) is 5.21. The van der Waals surface area contributed by atoms with Crippen molar-refractivity contribution in [3.8, 4) is 5.75 Å². The van der Waals surface area contributed by atoms with Gasteiger partial charge in [0.2, 0.25) is 5.91 Å². The SMILES string of the molecule is CCC(CN(CC)C1CC1)c1ccc2c(c1)N(C(=O)Oc1ccc(C(=O)OC)cc1)CC(C)N2C(C)=O. The Kier molecular flexibility index (Phi) is 8.17. The molecule has 2 unspecified atom stereocenters. The first kappa shape index (κ1) is 26.7. The largest absolute Gasteiger partial charge is 0.465 e. The zero-order valence-corrected chi connectivity index (χ0v) is 22.4. The number of methoxy groups -OCH3 is 1. The molecule has 2 aromatic rings. The molecule has 0 radical (unpaired) electrons. The molecule has 2 aromatic carbocycles. The number of ether oxygens (including phenoxy) is 2. The number of hydrogen-bond donors (Lipinski definition) is 0. The molecule has 8 heteroatoms. The predicted octanol–water partition coefficient (Wildman–Crippen LogP) is 5.21. The second-order valence-corrected chi connectivity index (χ2v) is 9.90. The van der Waals surface area contributed by atoms with Crippen molar-refractivity contribution in [3.05, 3.63) is 53.6 Å². The van der Waals surface area contributed by atoms with Crippen LogP contribution in [0.4, 0.5) is 16.2 Å². The lowest BCUT2D eigenvalue weighted by atomic mass is 9.93. The molecule has 0 aromatic heterocycles. The van der Waals surface area contributed by atoms with Crippen LogP contribution in [0.3, 0.4) is 0 Å². The summed E-state index contributed by atoms with van der Waals surface area (Å²) in [6, 6.07) is 12.8. The van der Waals surface area contributed by atoms with Crippen molar-refractivity contribution in [1.82, 2.24) is 4.90 Å². The van der Waals surface area contributed by atoms with E-state index in [-0.39, 0.29) is 11.9 Å². The summed E-state index contributed by atoms with van der Waals surface area (Å²) in [5.74, 6) is 0.124. The maximum atomic E-state index is 13.4. The number of nitrogens with zero attached hydrogens (tertiary/aromatic N) is 3. The fourth-order valence-corrected chi connectivity index (χ4v) is 5.21. The zero-order valence-electron chi connectivity index (χ0n) is 22.4. The molecule has 198 valence electrons. The van der Waals surface area contributed by atoms with Gasteiger partial charge in [-0.2, -0.15) is 0 Å². The Morgan fingerprint density at radius 3 is 2.32 bits per heavy atom. The number of likely N-dealkylation sites (N-methyl/N-ethyl adjacent to an activating group) is 1. The summed E-state index contributed by atoms with van der Waals surface area (Å²) in [5.41, 5.74) is 2.91. The van der Waals surface area contributed by atoms with E-state index in [1.807, 2.05) is 19.1 Å². The normalized spacial score (nSPS) is 17.8. The Hall–Kier alpha value is -3.39. The Morgan fingerprint density at radius 1 is 1.05 bits per heavy atom. The standard InChI is InChI=1S/C29H37N3O5/c1-6-21(18-30(7-2)24-11-12-24)23-10-15-26-27(16-23)31(17-19(3)32(26)20(4)33)29(35)37-25-13-8-22(9-14-25)28(34)36-5/h8-10,13-16,19,21,24H,6-7,11-12,17-18H2,1-5H3. The Morgan fingerprint density at radius 2 is 1.76 bits per heavy atom. The summed E-state index contributed by atoms with van der Waals surface area (Å²) in [7, 11) is 1.32.